The second-order valence-electron chi connectivity index (χ2n) is 7.46. The summed E-state index contributed by atoms with van der Waals surface area (Å²) in [4.78, 5) is 6.53. The molecule has 0 amide bonds. The van der Waals surface area contributed by atoms with Crippen molar-refractivity contribution < 1.29 is 5.11 Å². The van der Waals surface area contributed by atoms with Gasteiger partial charge in [0.1, 0.15) is 12.1 Å². The maximum atomic E-state index is 9.68. The standard InChI is InChI=1S/C22H42N2O/c1-3-4-5-6-7-8-9-10-11-12-13-14-15-16-17-18-22-23-19-20-24(22)21(2)25/h13-14,21,25H,3-12,15-20H2,1-2H3/b14-13+. The molecule has 0 radical (unpaired) electrons. The maximum Gasteiger partial charge on any atom is 0.125 e. The Morgan fingerprint density at radius 1 is 0.920 bits per heavy atom. The zero-order chi connectivity index (χ0) is 18.2. The predicted molar refractivity (Wildman–Crippen MR) is 110 cm³/mol. The number of allylic oxidation sites excluding steroid dienone is 2. The largest absolute Gasteiger partial charge is 0.374 e. The van der Waals surface area contributed by atoms with E-state index in [9.17, 15) is 5.11 Å². The van der Waals surface area contributed by atoms with Crippen LogP contribution in [0.5, 0.6) is 0 Å². The van der Waals surface area contributed by atoms with Crippen LogP contribution in [0.3, 0.4) is 0 Å². The summed E-state index contributed by atoms with van der Waals surface area (Å²) in [7, 11) is 0. The fourth-order valence-corrected chi connectivity index (χ4v) is 3.49. The van der Waals surface area contributed by atoms with Gasteiger partial charge in [-0.1, -0.05) is 70.4 Å². The molecule has 3 nitrogen and oxygen atoms in total. The van der Waals surface area contributed by atoms with Crippen LogP contribution in [0.15, 0.2) is 17.1 Å². The molecule has 0 bridgehead atoms. The Balaban J connectivity index is 1.84. The lowest BCUT2D eigenvalue weighted by Gasteiger charge is -2.23. The van der Waals surface area contributed by atoms with Crippen molar-refractivity contribution in [2.45, 2.75) is 110 Å². The second kappa shape index (κ2) is 15.4. The number of hydrogen-bond donors (Lipinski definition) is 1. The molecule has 1 atom stereocenters. The SMILES string of the molecule is CCCCCCCCCCC/C=C/CCCCC1=NCCN1C(C)O. The number of amidine groups is 1. The first-order valence-electron chi connectivity index (χ1n) is 10.9. The van der Waals surface area contributed by atoms with Gasteiger partial charge < -0.3 is 10.0 Å². The molecule has 0 saturated heterocycles. The van der Waals surface area contributed by atoms with Crippen molar-refractivity contribution in [1.82, 2.24) is 4.90 Å². The molecule has 3 heteroatoms. The van der Waals surface area contributed by atoms with Crippen LogP contribution in [0.25, 0.3) is 0 Å². The van der Waals surface area contributed by atoms with E-state index < -0.39 is 6.23 Å². The lowest BCUT2D eigenvalue weighted by atomic mass is 10.1. The topological polar surface area (TPSA) is 35.8 Å². The smallest absolute Gasteiger partial charge is 0.125 e. The molecule has 25 heavy (non-hydrogen) atoms. The summed E-state index contributed by atoms with van der Waals surface area (Å²) in [5.74, 6) is 1.11. The number of aliphatic hydroxyl groups excluding tert-OH is 1. The zero-order valence-electron chi connectivity index (χ0n) is 16.9. The van der Waals surface area contributed by atoms with E-state index >= 15 is 0 Å². The molecule has 146 valence electrons. The van der Waals surface area contributed by atoms with E-state index in [0.717, 1.165) is 25.3 Å². The lowest BCUT2D eigenvalue weighted by molar-refractivity contribution is 0.0766. The average Bonchev–Trinajstić information content (AvgIpc) is 3.07. The third-order valence-corrected chi connectivity index (χ3v) is 5.08. The highest BCUT2D eigenvalue weighted by molar-refractivity contribution is 5.83. The molecule has 1 unspecified atom stereocenters. The molecule has 1 aliphatic heterocycles. The highest BCUT2D eigenvalue weighted by Gasteiger charge is 2.19. The van der Waals surface area contributed by atoms with Crippen molar-refractivity contribution in [3.63, 3.8) is 0 Å². The van der Waals surface area contributed by atoms with E-state index in [1.807, 2.05) is 11.8 Å². The molecule has 1 aliphatic rings. The van der Waals surface area contributed by atoms with Crippen LogP contribution in [-0.2, 0) is 0 Å². The Morgan fingerprint density at radius 2 is 1.48 bits per heavy atom. The van der Waals surface area contributed by atoms with Gasteiger partial charge in [0, 0.05) is 13.0 Å². The minimum absolute atomic E-state index is 0.391. The first kappa shape index (κ1) is 22.2. The summed E-state index contributed by atoms with van der Waals surface area (Å²) >= 11 is 0. The number of rotatable bonds is 16. The van der Waals surface area contributed by atoms with E-state index in [2.05, 4.69) is 24.1 Å². The van der Waals surface area contributed by atoms with E-state index in [1.165, 1.54) is 83.5 Å². The van der Waals surface area contributed by atoms with Crippen LogP contribution in [0.1, 0.15) is 104 Å². The second-order valence-corrected chi connectivity index (χ2v) is 7.46. The number of nitrogens with zero attached hydrogens (tertiary/aromatic N) is 2. The molecular weight excluding hydrogens is 308 g/mol. The summed E-state index contributed by atoms with van der Waals surface area (Å²) in [6.07, 6.45) is 22.8. The Labute approximate surface area is 156 Å². The monoisotopic (exact) mass is 350 g/mol. The van der Waals surface area contributed by atoms with E-state index in [1.54, 1.807) is 0 Å². The number of aliphatic hydroxyl groups is 1. The molecule has 0 saturated carbocycles. The van der Waals surface area contributed by atoms with Crippen LogP contribution in [0, 0.1) is 0 Å². The van der Waals surface area contributed by atoms with Crippen molar-refractivity contribution in [3.8, 4) is 0 Å². The molecule has 0 fully saturated rings. The molecule has 0 aromatic rings. The van der Waals surface area contributed by atoms with Crippen LogP contribution in [0.2, 0.25) is 0 Å². The fourth-order valence-electron chi connectivity index (χ4n) is 3.49. The van der Waals surface area contributed by atoms with Gasteiger partial charge in [-0.3, -0.25) is 4.99 Å². The van der Waals surface area contributed by atoms with Gasteiger partial charge >= 0.3 is 0 Å². The van der Waals surface area contributed by atoms with Crippen molar-refractivity contribution >= 4 is 5.84 Å². The van der Waals surface area contributed by atoms with Gasteiger partial charge in [-0.25, -0.2) is 0 Å². The summed E-state index contributed by atoms with van der Waals surface area (Å²) in [6.45, 7) is 5.84. The van der Waals surface area contributed by atoms with Gasteiger partial charge in [0.2, 0.25) is 0 Å². The molecule has 1 N–H and O–H groups in total. The number of hydrogen-bond acceptors (Lipinski definition) is 3. The minimum atomic E-state index is -0.391. The van der Waals surface area contributed by atoms with Crippen LogP contribution < -0.4 is 0 Å². The third kappa shape index (κ3) is 11.4. The van der Waals surface area contributed by atoms with Gasteiger partial charge in [-0.2, -0.15) is 0 Å². The molecule has 0 aliphatic carbocycles. The highest BCUT2D eigenvalue weighted by Crippen LogP contribution is 2.13. The quantitative estimate of drug-likeness (QED) is 0.270. The Hall–Kier alpha value is -0.830. The summed E-state index contributed by atoms with van der Waals surface area (Å²) < 4.78 is 0. The molecule has 1 heterocycles. The van der Waals surface area contributed by atoms with Crippen LogP contribution in [0.4, 0.5) is 0 Å². The van der Waals surface area contributed by atoms with Crippen molar-refractivity contribution in [3.05, 3.63) is 12.2 Å². The van der Waals surface area contributed by atoms with Gasteiger partial charge in [-0.15, -0.1) is 0 Å². The molecule has 0 aromatic heterocycles. The van der Waals surface area contributed by atoms with Gasteiger partial charge in [-0.05, 0) is 39.0 Å². The predicted octanol–water partition coefficient (Wildman–Crippen LogP) is 6.08. The number of aliphatic imine (C=N–C) groups is 1. The van der Waals surface area contributed by atoms with E-state index in [4.69, 9.17) is 0 Å². The van der Waals surface area contributed by atoms with Gasteiger partial charge in [0.15, 0.2) is 0 Å². The first-order valence-corrected chi connectivity index (χ1v) is 10.9. The summed E-state index contributed by atoms with van der Waals surface area (Å²) in [6, 6.07) is 0. The van der Waals surface area contributed by atoms with Crippen molar-refractivity contribution in [1.29, 1.82) is 0 Å². The first-order chi connectivity index (χ1) is 12.3. The number of unbranched alkanes of at least 4 members (excludes halogenated alkanes) is 11. The normalized spacial score (nSPS) is 16.0. The van der Waals surface area contributed by atoms with Gasteiger partial charge in [0.25, 0.3) is 0 Å². The van der Waals surface area contributed by atoms with Gasteiger partial charge in [0.05, 0.1) is 6.54 Å². The maximum absolute atomic E-state index is 9.68. The lowest BCUT2D eigenvalue weighted by Crippen LogP contribution is -2.35. The fraction of sp³-hybridized carbons (Fsp3) is 0.864. The van der Waals surface area contributed by atoms with Crippen LogP contribution in [-0.4, -0.2) is 35.2 Å². The summed E-state index contributed by atoms with van der Waals surface area (Å²) in [5, 5.41) is 9.68. The molecule has 0 aromatic carbocycles. The average molecular weight is 351 g/mol. The Bertz CT molecular complexity index is 363. The van der Waals surface area contributed by atoms with Crippen LogP contribution >= 0.6 is 0 Å². The van der Waals surface area contributed by atoms with Crippen molar-refractivity contribution in [2.75, 3.05) is 13.1 Å². The molecular formula is C22H42N2O. The van der Waals surface area contributed by atoms with E-state index in [0.29, 0.717) is 0 Å². The zero-order valence-corrected chi connectivity index (χ0v) is 16.9. The Morgan fingerprint density at radius 3 is 2.08 bits per heavy atom. The summed E-state index contributed by atoms with van der Waals surface area (Å²) in [5.41, 5.74) is 0. The highest BCUT2D eigenvalue weighted by atomic mass is 16.3. The third-order valence-electron chi connectivity index (χ3n) is 5.08. The van der Waals surface area contributed by atoms with Crippen molar-refractivity contribution in [2.24, 2.45) is 4.99 Å². The minimum Gasteiger partial charge on any atom is -0.374 e. The Kier molecular flexibility index (Phi) is 13.7. The van der Waals surface area contributed by atoms with E-state index in [-0.39, 0.29) is 0 Å². The molecule has 1 rings (SSSR count). The molecule has 0 spiro atoms.